The molecule has 2 unspecified atom stereocenters. The van der Waals surface area contributed by atoms with Gasteiger partial charge in [-0.3, -0.25) is 0 Å². The van der Waals surface area contributed by atoms with Gasteiger partial charge < -0.3 is 0 Å². The molecule has 64 heavy (non-hydrogen) atoms. The fraction of sp³-hybridized carbons (Fsp3) is 0.525. The van der Waals surface area contributed by atoms with Crippen LogP contribution in [0.4, 0.5) is 0 Å². The van der Waals surface area contributed by atoms with Crippen LogP contribution >= 0.6 is 17.0 Å². The van der Waals surface area contributed by atoms with Crippen LogP contribution in [0.15, 0.2) is 96.1 Å². The number of hydrogen-bond acceptors (Lipinski definition) is 1. The van der Waals surface area contributed by atoms with E-state index in [2.05, 4.69) is 186 Å². The maximum absolute atomic E-state index is 9.58. The van der Waals surface area contributed by atoms with E-state index in [0.717, 1.165) is 42.8 Å². The number of fused-ring (bicyclic) bond motifs is 2. The monoisotopic (exact) mass is 997 g/mol. The first-order valence-electron chi connectivity index (χ1n) is 25.2. The van der Waals surface area contributed by atoms with E-state index in [1.807, 2.05) is 0 Å². The summed E-state index contributed by atoms with van der Waals surface area (Å²) >= 11 is -6.27. The van der Waals surface area contributed by atoms with Gasteiger partial charge in [0.25, 0.3) is 0 Å². The minimum absolute atomic E-state index is 0.0399. The Balaban J connectivity index is 1.58. The molecule has 0 saturated carbocycles. The Morgan fingerprint density at radius 3 is 1.69 bits per heavy atom. The van der Waals surface area contributed by atoms with Crippen molar-refractivity contribution in [2.75, 3.05) is 6.61 Å². The van der Waals surface area contributed by atoms with Crippen molar-refractivity contribution >= 4 is 36.0 Å². The van der Waals surface area contributed by atoms with Gasteiger partial charge in [0.05, 0.1) is 0 Å². The van der Waals surface area contributed by atoms with Crippen LogP contribution in [0.1, 0.15) is 188 Å². The van der Waals surface area contributed by atoms with Crippen molar-refractivity contribution < 1.29 is 17.3 Å². The van der Waals surface area contributed by atoms with Crippen molar-refractivity contribution in [2.45, 2.75) is 180 Å². The zero-order chi connectivity index (χ0) is 47.2. The number of hydrogen-bond donors (Lipinski definition) is 0. The van der Waals surface area contributed by atoms with Crippen LogP contribution in [0.25, 0.3) is 33.9 Å². The normalized spacial score (nSPS) is 18.7. The van der Waals surface area contributed by atoms with Crippen molar-refractivity contribution in [1.29, 1.82) is 0 Å². The molecule has 2 atom stereocenters. The van der Waals surface area contributed by atoms with E-state index in [0.29, 0.717) is 7.37 Å². The first-order chi connectivity index (χ1) is 29.5. The molecule has 349 valence electrons. The fourth-order valence-electron chi connectivity index (χ4n) is 12.4. The summed E-state index contributed by atoms with van der Waals surface area (Å²) in [5.41, 5.74) is 17.8. The van der Waals surface area contributed by atoms with E-state index >= 15 is 0 Å². The minimum atomic E-state index is -6.27. The van der Waals surface area contributed by atoms with E-state index in [1.165, 1.54) is 98.0 Å². The van der Waals surface area contributed by atoms with Crippen LogP contribution in [-0.4, -0.2) is 19.6 Å². The standard InChI is InChI=1S/C30H41O.C22H25.C6H13.CH3.2ClH.H3Si.Zr/c1-22-21-24-13-12-15-27(23-16-18-25(19-17-23)29(2,3)4)28(24)26(22)14-10-8-9-11-20-31-30(5,6)7;1-15(2)18-13-17-7-6-8-20(21(17)14-18)16-9-11-19(12-10-16)22(3,4)5;1-3-5-6-4-2;;;;;/h12-13,15-19,21H,8-11,14,20H2,1-7H3;6-15H,1-5H3;1,3-6H2,2H3;1H3;2*1H;1H3;/q;;;;;;;+2/p-2. The van der Waals surface area contributed by atoms with Gasteiger partial charge in [-0.2, -0.15) is 0 Å². The molecule has 0 N–H and O–H groups in total. The van der Waals surface area contributed by atoms with E-state index in [4.69, 9.17) is 4.74 Å². The van der Waals surface area contributed by atoms with E-state index in [-0.39, 0.29) is 29.6 Å². The first kappa shape index (κ1) is 51.4. The Kier molecular flexibility index (Phi) is 14.1. The van der Waals surface area contributed by atoms with Gasteiger partial charge in [-0.25, -0.2) is 0 Å². The number of rotatable bonds is 17. The summed E-state index contributed by atoms with van der Waals surface area (Å²) in [6.07, 6.45) is 12.7. The second-order valence-electron chi connectivity index (χ2n) is 25.5. The van der Waals surface area contributed by atoms with Crippen LogP contribution < -0.4 is 0 Å². The molecule has 1 nitrogen and oxygen atoms in total. The SMILES string of the molecule is CCCCC[CH2][Zr]([CH3])([SiH3])([Cl])([Cl])([CH]1C(C(C)C)=Cc2c(-c3ccc(C(C)(C)C)cc3)cccc21)[CH]1C(C)=C(CCCCCCOC(C)(C)C)c2c(-c3ccc(C(C)(C)C)cc3)cccc21. The molecule has 2 aliphatic rings. The molecule has 5 heteroatoms. The first-order valence-corrected chi connectivity index (χ1v) is 46.9. The van der Waals surface area contributed by atoms with Crippen molar-refractivity contribution in [1.82, 2.24) is 0 Å². The molecule has 0 aromatic heterocycles. The molecule has 4 aromatic rings. The second-order valence-corrected chi connectivity index (χ2v) is 102. The molecule has 0 spiro atoms. The van der Waals surface area contributed by atoms with Gasteiger partial charge in [0.15, 0.2) is 0 Å². The van der Waals surface area contributed by atoms with Crippen molar-refractivity contribution in [3.8, 4) is 22.3 Å². The van der Waals surface area contributed by atoms with Crippen molar-refractivity contribution in [3.63, 3.8) is 0 Å². The van der Waals surface area contributed by atoms with Crippen LogP contribution in [-0.2, 0) is 28.2 Å². The van der Waals surface area contributed by atoms with Crippen molar-refractivity contribution in [3.05, 3.63) is 129 Å². The predicted octanol–water partition coefficient (Wildman–Crippen LogP) is 18.4. The maximum atomic E-state index is 9.58. The Bertz CT molecular complexity index is 2400. The van der Waals surface area contributed by atoms with Gasteiger partial charge in [0.2, 0.25) is 0 Å². The van der Waals surface area contributed by atoms with Gasteiger partial charge in [-0.15, -0.1) is 0 Å². The van der Waals surface area contributed by atoms with E-state index in [1.54, 1.807) is 0 Å². The molecule has 0 saturated heterocycles. The van der Waals surface area contributed by atoms with Gasteiger partial charge in [-0.1, -0.05) is 0 Å². The molecule has 4 aromatic carbocycles. The molecule has 0 bridgehead atoms. The summed E-state index contributed by atoms with van der Waals surface area (Å²) < 4.78 is 9.48. The second kappa shape index (κ2) is 17.5. The zero-order valence-corrected chi connectivity index (χ0v) is 48.8. The molecule has 6 rings (SSSR count). The predicted molar refractivity (Wildman–Crippen MR) is 287 cm³/mol. The molecule has 2 aliphatic carbocycles. The average Bonchev–Trinajstić information content (AvgIpc) is 3.76. The van der Waals surface area contributed by atoms with Gasteiger partial charge >= 0.3 is 398 Å². The quantitative estimate of drug-likeness (QED) is 0.0757. The fourth-order valence-corrected chi connectivity index (χ4v) is 53.2. The van der Waals surface area contributed by atoms with Gasteiger partial charge in [-0.05, 0) is 0 Å². The van der Waals surface area contributed by atoms with Gasteiger partial charge in [0, 0.05) is 0 Å². The van der Waals surface area contributed by atoms with E-state index in [9.17, 15) is 17.0 Å². The summed E-state index contributed by atoms with van der Waals surface area (Å²) in [6, 6.07) is 32.9. The summed E-state index contributed by atoms with van der Waals surface area (Å²) in [5, 5.41) is 0. The summed E-state index contributed by atoms with van der Waals surface area (Å²) in [6.45, 7) is 30.6. The molecular weight excluding hydrogens is 915 g/mol. The van der Waals surface area contributed by atoms with Crippen LogP contribution in [0.3, 0.4) is 0 Å². The average molecular weight is 1000 g/mol. The van der Waals surface area contributed by atoms with Crippen LogP contribution in [0, 0.1) is 5.92 Å². The Morgan fingerprint density at radius 1 is 0.641 bits per heavy atom. The number of allylic oxidation sites excluding steroid dienone is 3. The number of halogens is 2. The molecular formula is C59H85Cl2OSiZr. The van der Waals surface area contributed by atoms with Crippen molar-refractivity contribution in [2.24, 2.45) is 5.92 Å². The van der Waals surface area contributed by atoms with E-state index < -0.39 is 12.6 Å². The molecule has 0 amide bonds. The topological polar surface area (TPSA) is 9.23 Å². The third-order valence-corrected chi connectivity index (χ3v) is 53.4. The summed E-state index contributed by atoms with van der Waals surface area (Å²) in [7, 11) is 19.9. The number of benzene rings is 4. The summed E-state index contributed by atoms with van der Waals surface area (Å²) in [5.74, 6) is 0.284. The van der Waals surface area contributed by atoms with Gasteiger partial charge in [0.1, 0.15) is 0 Å². The molecule has 0 aliphatic heterocycles. The molecule has 0 heterocycles. The third kappa shape index (κ3) is 10.2. The Morgan fingerprint density at radius 2 is 1.16 bits per heavy atom. The van der Waals surface area contributed by atoms with Crippen LogP contribution in [0.5, 0.6) is 0 Å². The number of ether oxygens (including phenoxy) is 1. The number of unbranched alkanes of at least 4 members (excludes halogenated alkanes) is 6. The Hall–Kier alpha value is -2.00. The summed E-state index contributed by atoms with van der Waals surface area (Å²) in [4.78, 5) is 0. The molecule has 0 fully saturated rings. The molecule has 0 radical (unpaired) electrons. The van der Waals surface area contributed by atoms with Crippen LogP contribution in [0.2, 0.25) is 8.76 Å². The zero-order valence-electron chi connectivity index (χ0n) is 42.8. The third-order valence-electron chi connectivity index (χ3n) is 15.7. The Labute approximate surface area is 394 Å².